The summed E-state index contributed by atoms with van der Waals surface area (Å²) in [6, 6.07) is 0. The highest BCUT2D eigenvalue weighted by molar-refractivity contribution is 5.85. The van der Waals surface area contributed by atoms with Crippen molar-refractivity contribution in [3.63, 3.8) is 0 Å². The summed E-state index contributed by atoms with van der Waals surface area (Å²) in [5, 5.41) is 0. The summed E-state index contributed by atoms with van der Waals surface area (Å²) in [6.45, 7) is 15.8. The first kappa shape index (κ1) is 14.2. The van der Waals surface area contributed by atoms with Crippen LogP contribution in [0.3, 0.4) is 0 Å². The van der Waals surface area contributed by atoms with Gasteiger partial charge in [-0.15, -0.1) is 0 Å². The minimum absolute atomic E-state index is 0.110. The van der Waals surface area contributed by atoms with Crippen LogP contribution in [0.2, 0.25) is 0 Å². The van der Waals surface area contributed by atoms with Gasteiger partial charge in [-0.2, -0.15) is 0 Å². The molecule has 0 bridgehead atoms. The van der Waals surface area contributed by atoms with Crippen molar-refractivity contribution < 1.29 is 4.79 Å². The Bertz CT molecular complexity index is 280. The van der Waals surface area contributed by atoms with E-state index in [1.807, 2.05) is 41.5 Å². The van der Waals surface area contributed by atoms with Gasteiger partial charge in [0.25, 0.3) is 0 Å². The number of allylic oxidation sites excluding steroid dienone is 3. The summed E-state index contributed by atoms with van der Waals surface area (Å²) in [6.07, 6.45) is 2.91. The molecule has 0 aliphatic rings. The van der Waals surface area contributed by atoms with Crippen LogP contribution < -0.4 is 0 Å². The van der Waals surface area contributed by atoms with E-state index in [2.05, 4.69) is 12.7 Å². The Morgan fingerprint density at radius 1 is 1.33 bits per heavy atom. The van der Waals surface area contributed by atoms with Crippen LogP contribution in [0.4, 0.5) is 0 Å². The standard InChI is InChI=1S/C14H24O/c1-10(2)12(5)8-9-14(6,7)13(15)11(3)4/h8,11H,1,9H2,2-7H3. The molecule has 0 radical (unpaired) electrons. The maximum atomic E-state index is 11.9. The van der Waals surface area contributed by atoms with Crippen molar-refractivity contribution in [3.8, 4) is 0 Å². The Labute approximate surface area is 94.3 Å². The second-order valence-corrected chi connectivity index (χ2v) is 5.27. The van der Waals surface area contributed by atoms with Gasteiger partial charge in [0.2, 0.25) is 0 Å². The van der Waals surface area contributed by atoms with E-state index in [1.165, 1.54) is 5.57 Å². The third-order valence-electron chi connectivity index (χ3n) is 2.78. The zero-order chi connectivity index (χ0) is 12.2. The lowest BCUT2D eigenvalue weighted by molar-refractivity contribution is -0.130. The third-order valence-corrected chi connectivity index (χ3v) is 2.78. The molecule has 1 nitrogen and oxygen atoms in total. The fraction of sp³-hybridized carbons (Fsp3) is 0.643. The van der Waals surface area contributed by atoms with E-state index in [9.17, 15) is 4.79 Å². The topological polar surface area (TPSA) is 17.1 Å². The lowest BCUT2D eigenvalue weighted by Crippen LogP contribution is -2.27. The molecule has 0 saturated heterocycles. The Kier molecular flexibility index (Phi) is 4.99. The van der Waals surface area contributed by atoms with Crippen LogP contribution >= 0.6 is 0 Å². The van der Waals surface area contributed by atoms with Gasteiger partial charge >= 0.3 is 0 Å². The van der Waals surface area contributed by atoms with E-state index in [0.29, 0.717) is 5.78 Å². The molecule has 0 N–H and O–H groups in total. The number of hydrogen-bond acceptors (Lipinski definition) is 1. The molecule has 0 atom stereocenters. The average molecular weight is 208 g/mol. The molecule has 0 aliphatic carbocycles. The molecular formula is C14H24O. The fourth-order valence-electron chi connectivity index (χ4n) is 1.46. The van der Waals surface area contributed by atoms with E-state index >= 15 is 0 Å². The van der Waals surface area contributed by atoms with Gasteiger partial charge < -0.3 is 0 Å². The Hall–Kier alpha value is -0.850. The maximum Gasteiger partial charge on any atom is 0.141 e. The first-order valence-electron chi connectivity index (χ1n) is 5.55. The van der Waals surface area contributed by atoms with Gasteiger partial charge in [-0.25, -0.2) is 0 Å². The molecule has 0 spiro atoms. The van der Waals surface area contributed by atoms with Gasteiger partial charge in [0.05, 0.1) is 0 Å². The molecule has 0 rings (SSSR count). The van der Waals surface area contributed by atoms with Gasteiger partial charge in [0.15, 0.2) is 0 Å². The van der Waals surface area contributed by atoms with Gasteiger partial charge in [-0.3, -0.25) is 4.79 Å². The Morgan fingerprint density at radius 3 is 2.13 bits per heavy atom. The third kappa shape index (κ3) is 4.46. The van der Waals surface area contributed by atoms with E-state index in [-0.39, 0.29) is 11.3 Å². The number of hydrogen-bond donors (Lipinski definition) is 0. The first-order chi connectivity index (χ1) is 6.68. The van der Waals surface area contributed by atoms with Crippen LogP contribution in [0.15, 0.2) is 23.8 Å². The second-order valence-electron chi connectivity index (χ2n) is 5.27. The molecule has 0 unspecified atom stereocenters. The SMILES string of the molecule is C=C(C)C(C)=CCC(C)(C)C(=O)C(C)C. The first-order valence-corrected chi connectivity index (χ1v) is 5.55. The van der Waals surface area contributed by atoms with Gasteiger partial charge in [0, 0.05) is 11.3 Å². The predicted molar refractivity (Wildman–Crippen MR) is 66.8 cm³/mol. The van der Waals surface area contributed by atoms with Crippen LogP contribution in [0.25, 0.3) is 0 Å². The van der Waals surface area contributed by atoms with Crippen LogP contribution in [0.1, 0.15) is 48.0 Å². The molecule has 0 amide bonds. The van der Waals surface area contributed by atoms with Crippen molar-refractivity contribution in [1.29, 1.82) is 0 Å². The van der Waals surface area contributed by atoms with E-state index in [1.54, 1.807) is 0 Å². The number of ketones is 1. The van der Waals surface area contributed by atoms with E-state index < -0.39 is 0 Å². The molecule has 1 heteroatoms. The normalized spacial score (nSPS) is 13.1. The van der Waals surface area contributed by atoms with Crippen molar-refractivity contribution in [3.05, 3.63) is 23.8 Å². The summed E-state index contributed by atoms with van der Waals surface area (Å²) >= 11 is 0. The average Bonchev–Trinajstić information content (AvgIpc) is 2.12. The van der Waals surface area contributed by atoms with Crippen LogP contribution in [0, 0.1) is 11.3 Å². The number of rotatable bonds is 5. The van der Waals surface area contributed by atoms with Crippen LogP contribution in [-0.2, 0) is 4.79 Å². The van der Waals surface area contributed by atoms with Crippen LogP contribution in [-0.4, -0.2) is 5.78 Å². The predicted octanol–water partition coefficient (Wildman–Crippen LogP) is 4.15. The van der Waals surface area contributed by atoms with Crippen molar-refractivity contribution in [2.45, 2.75) is 48.0 Å². The Balaban J connectivity index is 4.59. The Morgan fingerprint density at radius 2 is 1.80 bits per heavy atom. The molecule has 0 aromatic carbocycles. The fourth-order valence-corrected chi connectivity index (χ4v) is 1.46. The highest BCUT2D eigenvalue weighted by Crippen LogP contribution is 2.27. The summed E-state index contributed by atoms with van der Waals surface area (Å²) in [7, 11) is 0. The monoisotopic (exact) mass is 208 g/mol. The van der Waals surface area contributed by atoms with Crippen molar-refractivity contribution in [1.82, 2.24) is 0 Å². The van der Waals surface area contributed by atoms with Crippen molar-refractivity contribution in [2.75, 3.05) is 0 Å². The van der Waals surface area contributed by atoms with Crippen LogP contribution in [0.5, 0.6) is 0 Å². The molecular weight excluding hydrogens is 184 g/mol. The zero-order valence-electron chi connectivity index (χ0n) is 11.0. The molecule has 15 heavy (non-hydrogen) atoms. The highest BCUT2D eigenvalue weighted by Gasteiger charge is 2.28. The zero-order valence-corrected chi connectivity index (χ0v) is 11.0. The smallest absolute Gasteiger partial charge is 0.141 e. The summed E-state index contributed by atoms with van der Waals surface area (Å²) < 4.78 is 0. The van der Waals surface area contributed by atoms with Gasteiger partial charge in [-0.1, -0.05) is 51.5 Å². The molecule has 0 aromatic rings. The summed E-state index contributed by atoms with van der Waals surface area (Å²) in [5.41, 5.74) is 1.99. The highest BCUT2D eigenvalue weighted by atomic mass is 16.1. The summed E-state index contributed by atoms with van der Waals surface area (Å²) in [5.74, 6) is 0.437. The lowest BCUT2D eigenvalue weighted by atomic mass is 9.79. The maximum absolute atomic E-state index is 11.9. The van der Waals surface area contributed by atoms with Crippen molar-refractivity contribution in [2.24, 2.45) is 11.3 Å². The minimum atomic E-state index is -0.259. The number of carbonyl (C=O) groups is 1. The minimum Gasteiger partial charge on any atom is -0.299 e. The van der Waals surface area contributed by atoms with Crippen molar-refractivity contribution >= 4 is 5.78 Å². The molecule has 0 aliphatic heterocycles. The number of Topliss-reactive ketones (excluding diaryl/α,β-unsaturated/α-hetero) is 1. The largest absolute Gasteiger partial charge is 0.299 e. The van der Waals surface area contributed by atoms with Gasteiger partial charge in [-0.05, 0) is 20.3 Å². The van der Waals surface area contributed by atoms with E-state index in [0.717, 1.165) is 12.0 Å². The number of carbonyl (C=O) groups excluding carboxylic acids is 1. The quantitative estimate of drug-likeness (QED) is 0.620. The lowest BCUT2D eigenvalue weighted by Gasteiger charge is -2.24. The summed E-state index contributed by atoms with van der Waals surface area (Å²) in [4.78, 5) is 11.9. The molecule has 0 heterocycles. The molecule has 0 aromatic heterocycles. The molecule has 0 fully saturated rings. The molecule has 86 valence electrons. The molecule has 0 saturated carbocycles. The second kappa shape index (κ2) is 5.29. The van der Waals surface area contributed by atoms with E-state index in [4.69, 9.17) is 0 Å². The van der Waals surface area contributed by atoms with Gasteiger partial charge in [0.1, 0.15) is 5.78 Å².